The van der Waals surface area contributed by atoms with Crippen LogP contribution in [0.3, 0.4) is 0 Å². The monoisotopic (exact) mass is 176 g/mol. The van der Waals surface area contributed by atoms with Crippen molar-refractivity contribution in [3.05, 3.63) is 35.7 Å². The summed E-state index contributed by atoms with van der Waals surface area (Å²) in [4.78, 5) is 5.15. The van der Waals surface area contributed by atoms with E-state index in [-0.39, 0.29) is 0 Å². The molecule has 0 unspecified atom stereocenters. The highest BCUT2D eigenvalue weighted by atomic mass is 28.2. The molecule has 1 aliphatic heterocycles. The number of nitrogens with one attached hydrogen (secondary N) is 1. The molecule has 4 heteroatoms. The molecule has 2 rings (SSSR count). The number of fused-ring (bicyclic) bond motifs is 1. The Bertz CT molecular complexity index is 325. The van der Waals surface area contributed by atoms with E-state index in [2.05, 4.69) is 16.0 Å². The van der Waals surface area contributed by atoms with Gasteiger partial charge in [-0.05, 0) is 6.07 Å². The lowest BCUT2D eigenvalue weighted by Crippen LogP contribution is -2.22. The van der Waals surface area contributed by atoms with Crippen molar-refractivity contribution in [3.8, 4) is 5.75 Å². The van der Waals surface area contributed by atoms with Crippen molar-refractivity contribution < 1.29 is 9.26 Å². The number of hydrogen-bond acceptors (Lipinski definition) is 3. The van der Waals surface area contributed by atoms with Gasteiger partial charge < -0.3 is 9.26 Å². The standard InChI is InChI=1S/C8H6NO2Si/c12-11-8-5-6-3-1-2-4-7(6)10-9-8/h1-5,9H. The van der Waals surface area contributed by atoms with Gasteiger partial charge >= 0.3 is 10.5 Å². The number of para-hydroxylation sites is 1. The molecule has 0 aromatic heterocycles. The van der Waals surface area contributed by atoms with Gasteiger partial charge in [0.1, 0.15) is 0 Å². The predicted octanol–water partition coefficient (Wildman–Crippen LogP) is 0.982. The van der Waals surface area contributed by atoms with E-state index >= 15 is 0 Å². The van der Waals surface area contributed by atoms with Gasteiger partial charge in [0.15, 0.2) is 5.75 Å². The largest absolute Gasteiger partial charge is 0.527 e. The van der Waals surface area contributed by atoms with Gasteiger partial charge in [0, 0.05) is 11.6 Å². The fourth-order valence-electron chi connectivity index (χ4n) is 1.02. The Labute approximate surface area is 73.5 Å². The highest BCUT2D eigenvalue weighted by Gasteiger charge is 2.08. The van der Waals surface area contributed by atoms with E-state index < -0.39 is 0 Å². The third-order valence-corrected chi connectivity index (χ3v) is 1.80. The molecule has 0 saturated carbocycles. The van der Waals surface area contributed by atoms with Crippen LogP contribution in [-0.2, 0) is 4.43 Å². The molecule has 3 nitrogen and oxygen atoms in total. The van der Waals surface area contributed by atoms with Crippen LogP contribution < -0.4 is 10.3 Å². The summed E-state index contributed by atoms with van der Waals surface area (Å²) >= 11 is 0. The Balaban J connectivity index is 2.41. The Morgan fingerprint density at radius 2 is 2.17 bits per heavy atom. The van der Waals surface area contributed by atoms with E-state index in [9.17, 15) is 0 Å². The number of hydrogen-bond donors (Lipinski definition) is 1. The van der Waals surface area contributed by atoms with E-state index in [0.29, 0.717) is 5.88 Å². The molecule has 59 valence electrons. The van der Waals surface area contributed by atoms with Crippen LogP contribution >= 0.6 is 0 Å². The maximum absolute atomic E-state index is 5.15. The minimum absolute atomic E-state index is 0.533. The molecule has 1 aliphatic rings. The van der Waals surface area contributed by atoms with Crippen molar-refractivity contribution in [1.82, 2.24) is 5.48 Å². The molecule has 1 aromatic carbocycles. The molecule has 0 amide bonds. The molecule has 1 heterocycles. The van der Waals surface area contributed by atoms with Gasteiger partial charge in [-0.3, -0.25) is 0 Å². The third kappa shape index (κ3) is 1.16. The molecule has 0 aliphatic carbocycles. The number of rotatable bonds is 1. The molecule has 0 fully saturated rings. The summed E-state index contributed by atoms with van der Waals surface area (Å²) in [7, 11) is 2.90. The summed E-state index contributed by atoms with van der Waals surface area (Å²) < 4.78 is 4.78. The second-order valence-corrected chi connectivity index (χ2v) is 2.56. The molecule has 12 heavy (non-hydrogen) atoms. The van der Waals surface area contributed by atoms with E-state index in [1.54, 1.807) is 0 Å². The van der Waals surface area contributed by atoms with Crippen molar-refractivity contribution in [2.75, 3.05) is 0 Å². The first-order valence-corrected chi connectivity index (χ1v) is 3.88. The molecular weight excluding hydrogens is 170 g/mol. The molecule has 1 aromatic rings. The Hall–Kier alpha value is -1.42. The molecule has 0 bridgehead atoms. The van der Waals surface area contributed by atoms with Crippen molar-refractivity contribution in [1.29, 1.82) is 0 Å². The summed E-state index contributed by atoms with van der Waals surface area (Å²) in [6, 6.07) is 7.67. The van der Waals surface area contributed by atoms with Crippen molar-refractivity contribution >= 4 is 16.6 Å². The quantitative estimate of drug-likeness (QED) is 0.647. The second kappa shape index (κ2) is 2.90. The van der Waals surface area contributed by atoms with Crippen LogP contribution in [0.1, 0.15) is 5.56 Å². The summed E-state index contributed by atoms with van der Waals surface area (Å²) in [6.07, 6.45) is 1.84. The first-order valence-electron chi connectivity index (χ1n) is 3.47. The average Bonchev–Trinajstić information content (AvgIpc) is 2.17. The maximum atomic E-state index is 5.15. The van der Waals surface area contributed by atoms with Gasteiger partial charge in [-0.1, -0.05) is 18.2 Å². The fourth-order valence-corrected chi connectivity index (χ4v) is 1.12. The van der Waals surface area contributed by atoms with Crippen LogP contribution in [0.5, 0.6) is 5.75 Å². The Morgan fingerprint density at radius 1 is 1.33 bits per heavy atom. The number of hydroxylamine groups is 1. The zero-order valence-corrected chi connectivity index (χ0v) is 7.20. The zero-order valence-electron chi connectivity index (χ0n) is 6.20. The molecule has 1 N–H and O–H groups in total. The first-order chi connectivity index (χ1) is 5.90. The van der Waals surface area contributed by atoms with Crippen LogP contribution in [-0.4, -0.2) is 10.5 Å². The third-order valence-electron chi connectivity index (χ3n) is 1.58. The van der Waals surface area contributed by atoms with E-state index in [0.717, 1.165) is 11.3 Å². The number of benzene rings is 1. The lowest BCUT2D eigenvalue weighted by Gasteiger charge is -2.17. The Morgan fingerprint density at radius 3 is 3.00 bits per heavy atom. The first kappa shape index (κ1) is 7.24. The van der Waals surface area contributed by atoms with Gasteiger partial charge in [0.25, 0.3) is 0 Å². The predicted molar refractivity (Wildman–Crippen MR) is 45.0 cm³/mol. The molecule has 0 spiro atoms. The average molecular weight is 176 g/mol. The lowest BCUT2D eigenvalue weighted by molar-refractivity contribution is 0.174. The van der Waals surface area contributed by atoms with Crippen LogP contribution in [0.15, 0.2) is 30.1 Å². The highest BCUT2D eigenvalue weighted by molar-refractivity contribution is 5.99. The fraction of sp³-hybridized carbons (Fsp3) is 0. The minimum atomic E-state index is 0.533. The molecule has 0 saturated heterocycles. The SMILES string of the molecule is [Si]OC1=Cc2ccccc2ON1. The smallest absolute Gasteiger partial charge is 0.343 e. The van der Waals surface area contributed by atoms with E-state index in [1.165, 1.54) is 0 Å². The van der Waals surface area contributed by atoms with Gasteiger partial charge in [0.05, 0.1) is 0 Å². The minimum Gasteiger partial charge on any atom is -0.527 e. The molecular formula is C8H6NO2Si. The Kier molecular flexibility index (Phi) is 1.75. The van der Waals surface area contributed by atoms with Crippen LogP contribution in [0.25, 0.3) is 6.08 Å². The second-order valence-electron chi connectivity index (χ2n) is 2.35. The summed E-state index contributed by atoms with van der Waals surface area (Å²) in [5.41, 5.74) is 3.61. The highest BCUT2D eigenvalue weighted by Crippen LogP contribution is 2.23. The maximum Gasteiger partial charge on any atom is 0.343 e. The van der Waals surface area contributed by atoms with Crippen LogP contribution in [0.2, 0.25) is 0 Å². The lowest BCUT2D eigenvalue weighted by atomic mass is 10.2. The van der Waals surface area contributed by atoms with Crippen molar-refractivity contribution in [2.45, 2.75) is 0 Å². The summed E-state index contributed by atoms with van der Waals surface area (Å²) in [6.45, 7) is 0. The van der Waals surface area contributed by atoms with Crippen molar-refractivity contribution in [3.63, 3.8) is 0 Å². The van der Waals surface area contributed by atoms with Crippen molar-refractivity contribution in [2.24, 2.45) is 0 Å². The summed E-state index contributed by atoms with van der Waals surface area (Å²) in [5.74, 6) is 1.33. The molecule has 0 atom stereocenters. The van der Waals surface area contributed by atoms with Gasteiger partial charge in [-0.15, -0.1) is 0 Å². The normalized spacial score (nSPS) is 13.6. The van der Waals surface area contributed by atoms with Crippen LogP contribution in [0, 0.1) is 0 Å². The van der Waals surface area contributed by atoms with Gasteiger partial charge in [-0.25, -0.2) is 0 Å². The molecule has 3 radical (unpaired) electrons. The van der Waals surface area contributed by atoms with Crippen LogP contribution in [0.4, 0.5) is 0 Å². The van der Waals surface area contributed by atoms with Gasteiger partial charge in [-0.2, -0.15) is 5.48 Å². The zero-order chi connectivity index (χ0) is 8.39. The van der Waals surface area contributed by atoms with E-state index in [4.69, 9.17) is 9.26 Å². The topological polar surface area (TPSA) is 30.5 Å². The summed E-state index contributed by atoms with van der Waals surface area (Å²) in [5, 5.41) is 0. The van der Waals surface area contributed by atoms with E-state index in [1.807, 2.05) is 30.3 Å². The van der Waals surface area contributed by atoms with Gasteiger partial charge in [0.2, 0.25) is 5.88 Å².